The topological polar surface area (TPSA) is 61.9 Å². The number of amides is 1. The van der Waals surface area contributed by atoms with Crippen molar-refractivity contribution in [2.45, 2.75) is 32.7 Å². The molecule has 0 saturated heterocycles. The maximum atomic E-state index is 12.5. The van der Waals surface area contributed by atoms with Gasteiger partial charge < -0.3 is 9.88 Å². The van der Waals surface area contributed by atoms with Crippen molar-refractivity contribution in [3.05, 3.63) is 46.8 Å². The van der Waals surface area contributed by atoms with E-state index < -0.39 is 0 Å². The van der Waals surface area contributed by atoms with Crippen molar-refractivity contribution >= 4 is 17.5 Å². The van der Waals surface area contributed by atoms with Crippen LogP contribution >= 0.6 is 11.6 Å². The molecule has 0 aliphatic rings. The first-order valence-corrected chi connectivity index (χ1v) is 7.07. The second-order valence-corrected chi connectivity index (χ2v) is 6.40. The molecular formula is C15H19ClN4O. The smallest absolute Gasteiger partial charge is 0.254 e. The standard InChI is InChI=1S/C15H19ClN4O/c1-15(2,3)11-7-10(8-12(16)19-11)14(21)20(4)9-13-17-5-6-18-13/h5-8H,9H2,1-4H3,(H,17,18). The molecule has 5 nitrogen and oxygen atoms in total. The number of carbonyl (C=O) groups excluding carboxylic acids is 1. The summed E-state index contributed by atoms with van der Waals surface area (Å²) in [6, 6.07) is 3.39. The molecule has 0 spiro atoms. The molecule has 0 bridgehead atoms. The molecule has 0 aliphatic heterocycles. The number of pyridine rings is 1. The molecule has 0 aliphatic carbocycles. The first-order chi connectivity index (χ1) is 9.77. The molecule has 21 heavy (non-hydrogen) atoms. The summed E-state index contributed by atoms with van der Waals surface area (Å²) in [7, 11) is 1.73. The van der Waals surface area contributed by atoms with E-state index in [4.69, 9.17) is 11.6 Å². The Morgan fingerprint density at radius 3 is 2.67 bits per heavy atom. The fourth-order valence-corrected chi connectivity index (χ4v) is 2.11. The zero-order valence-corrected chi connectivity index (χ0v) is 13.4. The fourth-order valence-electron chi connectivity index (χ4n) is 1.91. The van der Waals surface area contributed by atoms with Crippen LogP contribution < -0.4 is 0 Å². The van der Waals surface area contributed by atoms with Gasteiger partial charge in [-0.3, -0.25) is 4.79 Å². The Morgan fingerprint density at radius 1 is 1.38 bits per heavy atom. The van der Waals surface area contributed by atoms with Crippen LogP contribution in [0, 0.1) is 0 Å². The van der Waals surface area contributed by atoms with Gasteiger partial charge in [0.15, 0.2) is 0 Å². The number of imidazole rings is 1. The average Bonchev–Trinajstić information content (AvgIpc) is 2.88. The van der Waals surface area contributed by atoms with E-state index in [0.29, 0.717) is 17.3 Å². The van der Waals surface area contributed by atoms with Crippen LogP contribution in [0.5, 0.6) is 0 Å². The average molecular weight is 307 g/mol. The molecule has 2 aromatic heterocycles. The summed E-state index contributed by atoms with van der Waals surface area (Å²) in [6.45, 7) is 6.52. The summed E-state index contributed by atoms with van der Waals surface area (Å²) >= 11 is 6.05. The Hall–Kier alpha value is -1.88. The SMILES string of the molecule is CN(Cc1ncc[nH]1)C(=O)c1cc(Cl)nc(C(C)(C)C)c1. The third kappa shape index (κ3) is 3.82. The molecule has 1 N–H and O–H groups in total. The van der Waals surface area contributed by atoms with E-state index in [1.807, 2.05) is 20.8 Å². The summed E-state index contributed by atoms with van der Waals surface area (Å²) in [5.74, 6) is 0.628. The number of nitrogens with zero attached hydrogens (tertiary/aromatic N) is 3. The lowest BCUT2D eigenvalue weighted by Crippen LogP contribution is -2.27. The Kier molecular flexibility index (Phi) is 4.32. The lowest BCUT2D eigenvalue weighted by Gasteiger charge is -2.20. The second kappa shape index (κ2) is 5.85. The van der Waals surface area contributed by atoms with Gasteiger partial charge in [-0.15, -0.1) is 0 Å². The number of carbonyl (C=O) groups is 1. The Labute approximate surface area is 129 Å². The lowest BCUT2D eigenvalue weighted by atomic mass is 9.91. The predicted molar refractivity (Wildman–Crippen MR) is 82.3 cm³/mol. The summed E-state index contributed by atoms with van der Waals surface area (Å²) in [5, 5.41) is 0.331. The van der Waals surface area contributed by atoms with Crippen LogP contribution in [0.1, 0.15) is 42.6 Å². The molecule has 1 amide bonds. The lowest BCUT2D eigenvalue weighted by molar-refractivity contribution is 0.0781. The Morgan fingerprint density at radius 2 is 2.10 bits per heavy atom. The third-order valence-electron chi connectivity index (χ3n) is 3.10. The summed E-state index contributed by atoms with van der Waals surface area (Å²) in [5.41, 5.74) is 1.17. The molecular weight excluding hydrogens is 288 g/mol. The quantitative estimate of drug-likeness (QED) is 0.887. The molecule has 2 heterocycles. The van der Waals surface area contributed by atoms with Crippen LogP contribution in [0.4, 0.5) is 0 Å². The Balaban J connectivity index is 2.24. The maximum absolute atomic E-state index is 12.5. The number of nitrogens with one attached hydrogen (secondary N) is 1. The van der Waals surface area contributed by atoms with Crippen molar-refractivity contribution in [2.75, 3.05) is 7.05 Å². The van der Waals surface area contributed by atoms with Crippen LogP contribution in [-0.4, -0.2) is 32.8 Å². The van der Waals surface area contributed by atoms with Gasteiger partial charge in [0.25, 0.3) is 5.91 Å². The van der Waals surface area contributed by atoms with Crippen molar-refractivity contribution in [1.82, 2.24) is 19.9 Å². The molecule has 0 atom stereocenters. The monoisotopic (exact) mass is 306 g/mol. The van der Waals surface area contributed by atoms with Crippen LogP contribution in [0.2, 0.25) is 5.15 Å². The largest absolute Gasteiger partial charge is 0.347 e. The molecule has 6 heteroatoms. The van der Waals surface area contributed by atoms with Gasteiger partial charge >= 0.3 is 0 Å². The maximum Gasteiger partial charge on any atom is 0.254 e. The Bertz CT molecular complexity index is 632. The molecule has 112 valence electrons. The van der Waals surface area contributed by atoms with Gasteiger partial charge in [0, 0.05) is 36.1 Å². The van der Waals surface area contributed by atoms with Crippen LogP contribution in [0.25, 0.3) is 0 Å². The highest BCUT2D eigenvalue weighted by Gasteiger charge is 2.20. The van der Waals surface area contributed by atoms with Gasteiger partial charge in [-0.1, -0.05) is 32.4 Å². The summed E-state index contributed by atoms with van der Waals surface area (Å²) < 4.78 is 0. The van der Waals surface area contributed by atoms with Crippen molar-refractivity contribution < 1.29 is 4.79 Å². The van der Waals surface area contributed by atoms with E-state index in [0.717, 1.165) is 11.5 Å². The number of hydrogen-bond acceptors (Lipinski definition) is 3. The molecule has 2 rings (SSSR count). The van der Waals surface area contributed by atoms with Crippen molar-refractivity contribution in [3.8, 4) is 0 Å². The van der Waals surface area contributed by atoms with Crippen molar-refractivity contribution in [2.24, 2.45) is 0 Å². The van der Waals surface area contributed by atoms with E-state index in [9.17, 15) is 4.79 Å². The number of halogens is 1. The van der Waals surface area contributed by atoms with E-state index >= 15 is 0 Å². The molecule has 0 fully saturated rings. The minimum absolute atomic E-state index is 0.110. The molecule has 0 saturated carbocycles. The highest BCUT2D eigenvalue weighted by Crippen LogP contribution is 2.24. The van der Waals surface area contributed by atoms with Gasteiger partial charge in [-0.2, -0.15) is 0 Å². The molecule has 0 radical (unpaired) electrons. The number of H-pyrrole nitrogens is 1. The second-order valence-electron chi connectivity index (χ2n) is 6.01. The minimum atomic E-state index is -0.167. The summed E-state index contributed by atoms with van der Waals surface area (Å²) in [6.07, 6.45) is 3.39. The van der Waals surface area contributed by atoms with Crippen LogP contribution in [-0.2, 0) is 12.0 Å². The molecule has 0 aromatic carbocycles. The van der Waals surface area contributed by atoms with E-state index in [1.54, 1.807) is 36.5 Å². The first kappa shape index (κ1) is 15.5. The first-order valence-electron chi connectivity index (χ1n) is 6.69. The van der Waals surface area contributed by atoms with Crippen molar-refractivity contribution in [1.29, 1.82) is 0 Å². The van der Waals surface area contributed by atoms with E-state index in [1.165, 1.54) is 0 Å². The van der Waals surface area contributed by atoms with Gasteiger partial charge in [-0.25, -0.2) is 9.97 Å². The summed E-state index contributed by atoms with van der Waals surface area (Å²) in [4.78, 5) is 25.5. The van der Waals surface area contributed by atoms with E-state index in [-0.39, 0.29) is 11.3 Å². The van der Waals surface area contributed by atoms with Crippen molar-refractivity contribution in [3.63, 3.8) is 0 Å². The molecule has 2 aromatic rings. The van der Waals surface area contributed by atoms with E-state index in [2.05, 4.69) is 15.0 Å². The third-order valence-corrected chi connectivity index (χ3v) is 3.29. The van der Waals surface area contributed by atoms with Gasteiger partial charge in [-0.05, 0) is 12.1 Å². The predicted octanol–water partition coefficient (Wildman–Crippen LogP) is 3.03. The van der Waals surface area contributed by atoms with Gasteiger partial charge in [0.05, 0.1) is 6.54 Å². The minimum Gasteiger partial charge on any atom is -0.347 e. The number of rotatable bonds is 3. The number of aromatic nitrogens is 3. The highest BCUT2D eigenvalue weighted by atomic mass is 35.5. The van der Waals surface area contributed by atoms with Crippen LogP contribution in [0.3, 0.4) is 0 Å². The fraction of sp³-hybridized carbons (Fsp3) is 0.400. The normalized spacial score (nSPS) is 11.5. The number of hydrogen-bond donors (Lipinski definition) is 1. The zero-order valence-electron chi connectivity index (χ0n) is 12.6. The molecule has 0 unspecified atom stereocenters. The van der Waals surface area contributed by atoms with Crippen LogP contribution in [0.15, 0.2) is 24.5 Å². The zero-order chi connectivity index (χ0) is 15.6. The number of aromatic amines is 1. The van der Waals surface area contributed by atoms with Gasteiger partial charge in [0.2, 0.25) is 0 Å². The highest BCUT2D eigenvalue weighted by molar-refractivity contribution is 6.29. The van der Waals surface area contributed by atoms with Gasteiger partial charge in [0.1, 0.15) is 11.0 Å².